The van der Waals surface area contributed by atoms with Crippen molar-refractivity contribution in [3.8, 4) is 0 Å². The molecular formula is C13H16ClFN2O2. The number of morpholine rings is 1. The van der Waals surface area contributed by atoms with Crippen LogP contribution in [0.4, 0.5) is 4.39 Å². The summed E-state index contributed by atoms with van der Waals surface area (Å²) < 4.78 is 18.4. The second kappa shape index (κ2) is 6.84. The van der Waals surface area contributed by atoms with Gasteiger partial charge in [0.25, 0.3) is 0 Å². The summed E-state index contributed by atoms with van der Waals surface area (Å²) in [6, 6.07) is 4.40. The summed E-state index contributed by atoms with van der Waals surface area (Å²) in [7, 11) is 0. The van der Waals surface area contributed by atoms with Gasteiger partial charge in [0.05, 0.1) is 24.2 Å². The Morgan fingerprint density at radius 1 is 1.58 bits per heavy atom. The molecule has 0 radical (unpaired) electrons. The van der Waals surface area contributed by atoms with Gasteiger partial charge in [-0.2, -0.15) is 0 Å². The van der Waals surface area contributed by atoms with Crippen LogP contribution in [-0.2, 0) is 16.1 Å². The number of hydrogen-bond donors (Lipinski definition) is 2. The van der Waals surface area contributed by atoms with Gasteiger partial charge >= 0.3 is 0 Å². The zero-order chi connectivity index (χ0) is 13.7. The second-order valence-electron chi connectivity index (χ2n) is 4.43. The lowest BCUT2D eigenvalue weighted by atomic mass is 10.2. The molecule has 0 aromatic heterocycles. The van der Waals surface area contributed by atoms with Crippen LogP contribution in [-0.4, -0.2) is 31.7 Å². The minimum atomic E-state index is -0.460. The van der Waals surface area contributed by atoms with Gasteiger partial charge in [0.1, 0.15) is 5.82 Å². The third kappa shape index (κ3) is 4.45. The van der Waals surface area contributed by atoms with Gasteiger partial charge in [-0.05, 0) is 17.7 Å². The summed E-state index contributed by atoms with van der Waals surface area (Å²) in [5.41, 5.74) is 0.766. The first-order valence-corrected chi connectivity index (χ1v) is 6.56. The van der Waals surface area contributed by atoms with Gasteiger partial charge < -0.3 is 15.4 Å². The van der Waals surface area contributed by atoms with Crippen molar-refractivity contribution in [1.29, 1.82) is 0 Å². The molecule has 1 fully saturated rings. The van der Waals surface area contributed by atoms with Crippen molar-refractivity contribution in [2.75, 3.05) is 19.7 Å². The highest BCUT2D eigenvalue weighted by Gasteiger charge is 2.17. The molecule has 1 aliphatic heterocycles. The van der Waals surface area contributed by atoms with E-state index >= 15 is 0 Å². The van der Waals surface area contributed by atoms with Crippen molar-refractivity contribution < 1.29 is 13.9 Å². The molecule has 0 spiro atoms. The highest BCUT2D eigenvalue weighted by Crippen LogP contribution is 2.15. The van der Waals surface area contributed by atoms with E-state index in [1.165, 1.54) is 12.1 Å². The average molecular weight is 287 g/mol. The Morgan fingerprint density at radius 3 is 3.11 bits per heavy atom. The van der Waals surface area contributed by atoms with E-state index in [1.54, 1.807) is 6.07 Å². The van der Waals surface area contributed by atoms with Gasteiger partial charge in [-0.1, -0.05) is 17.7 Å². The maximum Gasteiger partial charge on any atom is 0.222 e. The smallest absolute Gasteiger partial charge is 0.222 e. The molecule has 2 rings (SSSR count). The average Bonchev–Trinajstić information content (AvgIpc) is 2.41. The van der Waals surface area contributed by atoms with Gasteiger partial charge in [-0.25, -0.2) is 4.39 Å². The number of carbonyl (C=O) groups is 1. The largest absolute Gasteiger partial charge is 0.375 e. The number of rotatable bonds is 4. The van der Waals surface area contributed by atoms with Crippen molar-refractivity contribution in [2.24, 2.45) is 0 Å². The molecule has 104 valence electrons. The molecule has 2 N–H and O–H groups in total. The SMILES string of the molecule is O=C(CC1CNCCO1)NCc1ccc(F)c(Cl)c1. The highest BCUT2D eigenvalue weighted by atomic mass is 35.5. The zero-order valence-corrected chi connectivity index (χ0v) is 11.2. The Balaban J connectivity index is 1.77. The fraction of sp³-hybridized carbons (Fsp3) is 0.462. The van der Waals surface area contributed by atoms with Crippen molar-refractivity contribution in [1.82, 2.24) is 10.6 Å². The van der Waals surface area contributed by atoms with Crippen LogP contribution in [0.1, 0.15) is 12.0 Å². The van der Waals surface area contributed by atoms with Gasteiger partial charge in [0.2, 0.25) is 5.91 Å². The van der Waals surface area contributed by atoms with E-state index in [2.05, 4.69) is 10.6 Å². The Hall–Kier alpha value is -1.17. The maximum absolute atomic E-state index is 13.0. The maximum atomic E-state index is 13.0. The standard InChI is InChI=1S/C13H16ClFN2O2/c14-11-5-9(1-2-12(11)15)7-17-13(18)6-10-8-16-3-4-19-10/h1-2,5,10,16H,3-4,6-8H2,(H,17,18). The third-order valence-corrected chi connectivity index (χ3v) is 3.18. The van der Waals surface area contributed by atoms with Gasteiger partial charge in [0, 0.05) is 19.6 Å². The minimum Gasteiger partial charge on any atom is -0.375 e. The Bertz CT molecular complexity index is 450. The molecule has 6 heteroatoms. The van der Waals surface area contributed by atoms with Gasteiger partial charge in [-0.3, -0.25) is 4.79 Å². The van der Waals surface area contributed by atoms with Crippen molar-refractivity contribution >= 4 is 17.5 Å². The lowest BCUT2D eigenvalue weighted by Gasteiger charge is -2.23. The van der Waals surface area contributed by atoms with Crippen LogP contribution in [0.25, 0.3) is 0 Å². The van der Waals surface area contributed by atoms with Gasteiger partial charge in [-0.15, -0.1) is 0 Å². The highest BCUT2D eigenvalue weighted by molar-refractivity contribution is 6.30. The Labute approximate surface area is 116 Å². The topological polar surface area (TPSA) is 50.4 Å². The van der Waals surface area contributed by atoms with E-state index in [1.807, 2.05) is 0 Å². The summed E-state index contributed by atoms with van der Waals surface area (Å²) in [5, 5.41) is 5.99. The number of ether oxygens (including phenoxy) is 1. The first-order valence-electron chi connectivity index (χ1n) is 6.18. The van der Waals surface area contributed by atoms with Crippen molar-refractivity contribution in [3.05, 3.63) is 34.6 Å². The molecule has 1 aliphatic rings. The predicted octanol–water partition coefficient (Wildman–Crippen LogP) is 1.47. The molecular weight excluding hydrogens is 271 g/mol. The molecule has 0 saturated carbocycles. The minimum absolute atomic E-state index is 0.0616. The lowest BCUT2D eigenvalue weighted by Crippen LogP contribution is -2.41. The van der Waals surface area contributed by atoms with E-state index in [9.17, 15) is 9.18 Å². The number of nitrogens with one attached hydrogen (secondary N) is 2. The van der Waals surface area contributed by atoms with Crippen LogP contribution in [0, 0.1) is 5.82 Å². The van der Waals surface area contributed by atoms with E-state index in [0.717, 1.165) is 12.1 Å². The Morgan fingerprint density at radius 2 is 2.42 bits per heavy atom. The van der Waals surface area contributed by atoms with Crippen LogP contribution in [0.3, 0.4) is 0 Å². The molecule has 1 aromatic rings. The molecule has 0 bridgehead atoms. The molecule has 1 amide bonds. The fourth-order valence-corrected chi connectivity index (χ4v) is 2.08. The number of benzene rings is 1. The van der Waals surface area contributed by atoms with Crippen LogP contribution in [0.5, 0.6) is 0 Å². The first-order chi connectivity index (χ1) is 9.15. The number of amides is 1. The first kappa shape index (κ1) is 14.2. The monoisotopic (exact) mass is 286 g/mol. The Kier molecular flexibility index (Phi) is 5.13. The van der Waals surface area contributed by atoms with Crippen molar-refractivity contribution in [3.63, 3.8) is 0 Å². The van der Waals surface area contributed by atoms with Crippen LogP contribution in [0.15, 0.2) is 18.2 Å². The molecule has 1 unspecified atom stereocenters. The molecule has 1 saturated heterocycles. The van der Waals surface area contributed by atoms with Gasteiger partial charge in [0.15, 0.2) is 0 Å². The summed E-state index contributed by atoms with van der Waals surface area (Å²) in [6.45, 7) is 2.48. The summed E-state index contributed by atoms with van der Waals surface area (Å²) in [5.74, 6) is -0.549. The normalized spacial score (nSPS) is 19.2. The van der Waals surface area contributed by atoms with Crippen LogP contribution in [0.2, 0.25) is 5.02 Å². The molecule has 1 aromatic carbocycles. The van der Waals surface area contributed by atoms with E-state index < -0.39 is 5.82 Å². The lowest BCUT2D eigenvalue weighted by molar-refractivity contribution is -0.124. The fourth-order valence-electron chi connectivity index (χ4n) is 1.88. The van der Waals surface area contributed by atoms with E-state index in [0.29, 0.717) is 26.1 Å². The molecule has 19 heavy (non-hydrogen) atoms. The molecule has 1 heterocycles. The molecule has 4 nitrogen and oxygen atoms in total. The summed E-state index contributed by atoms with van der Waals surface area (Å²) in [6.07, 6.45) is 0.243. The van der Waals surface area contributed by atoms with Crippen molar-refractivity contribution in [2.45, 2.75) is 19.1 Å². The van der Waals surface area contributed by atoms with Crippen LogP contribution >= 0.6 is 11.6 Å². The zero-order valence-electron chi connectivity index (χ0n) is 10.4. The second-order valence-corrected chi connectivity index (χ2v) is 4.83. The summed E-state index contributed by atoms with van der Waals surface area (Å²) in [4.78, 5) is 11.7. The summed E-state index contributed by atoms with van der Waals surface area (Å²) >= 11 is 5.67. The molecule has 1 atom stereocenters. The van der Waals surface area contributed by atoms with E-state index in [-0.39, 0.29) is 17.0 Å². The van der Waals surface area contributed by atoms with E-state index in [4.69, 9.17) is 16.3 Å². The number of carbonyl (C=O) groups excluding carboxylic acids is 1. The van der Waals surface area contributed by atoms with Crippen LogP contribution < -0.4 is 10.6 Å². The quantitative estimate of drug-likeness (QED) is 0.881. The number of halogens is 2. The number of hydrogen-bond acceptors (Lipinski definition) is 3. The third-order valence-electron chi connectivity index (χ3n) is 2.89. The molecule has 0 aliphatic carbocycles. The predicted molar refractivity (Wildman–Crippen MR) is 70.5 cm³/mol.